The predicted molar refractivity (Wildman–Crippen MR) is 97.4 cm³/mol. The van der Waals surface area contributed by atoms with Crippen LogP contribution in [0.2, 0.25) is 5.02 Å². The Bertz CT molecular complexity index is 700. The molecule has 1 aromatic rings. The molecule has 0 bridgehead atoms. The summed E-state index contributed by atoms with van der Waals surface area (Å²) < 4.78 is 0. The van der Waals surface area contributed by atoms with E-state index in [9.17, 15) is 4.79 Å². The molecule has 0 atom stereocenters. The Morgan fingerprint density at radius 1 is 1.17 bits per heavy atom. The smallest absolute Gasteiger partial charge is 0.163 e. The number of ketones is 1. The van der Waals surface area contributed by atoms with Crippen LogP contribution in [0.25, 0.3) is 5.57 Å². The molecular weight excluding hydrogens is 306 g/mol. The van der Waals surface area contributed by atoms with Crippen LogP contribution in [0.5, 0.6) is 0 Å². The molecule has 0 amide bonds. The zero-order valence-electron chi connectivity index (χ0n) is 13.8. The maximum Gasteiger partial charge on any atom is 0.163 e. The van der Waals surface area contributed by atoms with Gasteiger partial charge >= 0.3 is 0 Å². The molecule has 3 heteroatoms. The van der Waals surface area contributed by atoms with E-state index in [1.54, 1.807) is 0 Å². The van der Waals surface area contributed by atoms with Gasteiger partial charge in [-0.3, -0.25) is 4.79 Å². The maximum atomic E-state index is 12.6. The number of Topliss-reactive ketones (excluding diaryl/α,β-unsaturated/α-hetero) is 1. The van der Waals surface area contributed by atoms with Gasteiger partial charge in [-0.25, -0.2) is 0 Å². The van der Waals surface area contributed by atoms with Crippen molar-refractivity contribution in [1.29, 1.82) is 0 Å². The second-order valence-corrected chi connectivity index (χ2v) is 6.99. The third-order valence-corrected chi connectivity index (χ3v) is 5.25. The van der Waals surface area contributed by atoms with Gasteiger partial charge in [0.25, 0.3) is 0 Å². The number of anilines is 1. The molecule has 0 aliphatic heterocycles. The molecule has 2 aliphatic carbocycles. The monoisotopic (exact) mass is 329 g/mol. The van der Waals surface area contributed by atoms with Crippen molar-refractivity contribution in [2.45, 2.75) is 58.3 Å². The van der Waals surface area contributed by atoms with E-state index in [4.69, 9.17) is 17.3 Å². The fourth-order valence-corrected chi connectivity index (χ4v) is 3.99. The summed E-state index contributed by atoms with van der Waals surface area (Å²) >= 11 is 6.44. The van der Waals surface area contributed by atoms with E-state index in [-0.39, 0.29) is 0 Å². The lowest BCUT2D eigenvalue weighted by Gasteiger charge is -2.11. The van der Waals surface area contributed by atoms with Crippen LogP contribution in [-0.4, -0.2) is 5.78 Å². The minimum Gasteiger partial charge on any atom is -0.399 e. The molecule has 0 spiro atoms. The van der Waals surface area contributed by atoms with E-state index in [1.807, 2.05) is 18.2 Å². The molecule has 1 saturated carbocycles. The highest BCUT2D eigenvalue weighted by atomic mass is 35.5. The van der Waals surface area contributed by atoms with Crippen LogP contribution in [0, 0.1) is 0 Å². The number of unbranched alkanes of at least 4 members (excludes halogenated alkanes) is 1. The molecule has 0 saturated heterocycles. The van der Waals surface area contributed by atoms with Crippen molar-refractivity contribution in [3.05, 3.63) is 45.5 Å². The van der Waals surface area contributed by atoms with Crippen molar-refractivity contribution < 1.29 is 4.79 Å². The van der Waals surface area contributed by atoms with Gasteiger partial charge in [-0.15, -0.1) is 0 Å². The first kappa shape index (κ1) is 16.3. The Morgan fingerprint density at radius 3 is 2.74 bits per heavy atom. The Labute approximate surface area is 143 Å². The SMILES string of the molecule is CCCCC1=C2C(=O)CCCCC2=C(c2cc(N)ccc2Cl)C1. The molecule has 0 radical (unpaired) electrons. The molecule has 0 aromatic heterocycles. The van der Waals surface area contributed by atoms with E-state index >= 15 is 0 Å². The number of carbonyl (C=O) groups is 1. The quantitative estimate of drug-likeness (QED) is 0.719. The number of halogens is 1. The molecule has 2 N–H and O–H groups in total. The molecule has 2 aliphatic rings. The van der Waals surface area contributed by atoms with Crippen LogP contribution in [-0.2, 0) is 4.79 Å². The summed E-state index contributed by atoms with van der Waals surface area (Å²) in [5.74, 6) is 0.332. The molecule has 0 heterocycles. The Hall–Kier alpha value is -1.54. The summed E-state index contributed by atoms with van der Waals surface area (Å²) in [6.45, 7) is 2.19. The lowest BCUT2D eigenvalue weighted by molar-refractivity contribution is -0.115. The molecule has 1 aromatic carbocycles. The molecule has 2 nitrogen and oxygen atoms in total. The molecular formula is C20H24ClNO. The third kappa shape index (κ3) is 3.23. The van der Waals surface area contributed by atoms with Crippen molar-refractivity contribution in [2.24, 2.45) is 0 Å². The number of allylic oxidation sites excluding steroid dienone is 4. The second kappa shape index (κ2) is 6.92. The Kier molecular flexibility index (Phi) is 4.91. The van der Waals surface area contributed by atoms with E-state index in [2.05, 4.69) is 6.92 Å². The van der Waals surface area contributed by atoms with Crippen LogP contribution >= 0.6 is 11.6 Å². The number of hydrogen-bond donors (Lipinski definition) is 1. The van der Waals surface area contributed by atoms with Crippen LogP contribution in [0.1, 0.15) is 63.9 Å². The molecule has 0 unspecified atom stereocenters. The summed E-state index contributed by atoms with van der Waals surface area (Å²) in [6.07, 6.45) is 7.90. The zero-order chi connectivity index (χ0) is 16.4. The zero-order valence-corrected chi connectivity index (χ0v) is 14.5. The fraction of sp³-hybridized carbons (Fsp3) is 0.450. The summed E-state index contributed by atoms with van der Waals surface area (Å²) in [5.41, 5.74) is 12.5. The number of carbonyl (C=O) groups excluding carboxylic acids is 1. The predicted octanol–water partition coefficient (Wildman–Crippen LogP) is 5.71. The average Bonchev–Trinajstić information content (AvgIpc) is 2.78. The standard InChI is InChI=1S/C20H24ClNO/c1-2-3-6-13-11-16(17-12-14(22)9-10-18(17)21)15-7-4-5-8-19(23)20(13)15/h9-10,12H,2-8,11,22H2,1H3. The maximum absolute atomic E-state index is 12.6. The number of hydrogen-bond acceptors (Lipinski definition) is 2. The van der Waals surface area contributed by atoms with Gasteiger partial charge in [-0.1, -0.05) is 30.5 Å². The van der Waals surface area contributed by atoms with E-state index in [1.165, 1.54) is 16.7 Å². The first-order valence-electron chi connectivity index (χ1n) is 8.64. The van der Waals surface area contributed by atoms with Gasteiger partial charge in [-0.2, -0.15) is 0 Å². The largest absolute Gasteiger partial charge is 0.399 e. The molecule has 1 fully saturated rings. The van der Waals surface area contributed by atoms with Gasteiger partial charge in [0.15, 0.2) is 5.78 Å². The number of nitrogens with two attached hydrogens (primary N) is 1. The van der Waals surface area contributed by atoms with Gasteiger partial charge in [-0.05, 0) is 73.4 Å². The Balaban J connectivity index is 2.07. The van der Waals surface area contributed by atoms with Gasteiger partial charge < -0.3 is 5.73 Å². The topological polar surface area (TPSA) is 43.1 Å². The summed E-state index contributed by atoms with van der Waals surface area (Å²) in [7, 11) is 0. The van der Waals surface area contributed by atoms with Crippen molar-refractivity contribution in [3.8, 4) is 0 Å². The van der Waals surface area contributed by atoms with Crippen molar-refractivity contribution in [3.63, 3.8) is 0 Å². The number of fused-ring (bicyclic) bond motifs is 1. The van der Waals surface area contributed by atoms with Crippen LogP contribution in [0.15, 0.2) is 34.9 Å². The minimum absolute atomic E-state index is 0.332. The highest BCUT2D eigenvalue weighted by molar-refractivity contribution is 6.32. The van der Waals surface area contributed by atoms with E-state index in [0.717, 1.165) is 66.8 Å². The normalized spacial score (nSPS) is 18.4. The third-order valence-electron chi connectivity index (χ3n) is 4.92. The van der Waals surface area contributed by atoms with Gasteiger partial charge in [0, 0.05) is 22.7 Å². The summed E-state index contributed by atoms with van der Waals surface area (Å²) in [4.78, 5) is 12.6. The first-order chi connectivity index (χ1) is 11.1. The fourth-order valence-electron chi connectivity index (χ4n) is 3.76. The lowest BCUT2D eigenvalue weighted by Crippen LogP contribution is -2.03. The molecule has 122 valence electrons. The van der Waals surface area contributed by atoms with Gasteiger partial charge in [0.05, 0.1) is 0 Å². The van der Waals surface area contributed by atoms with Gasteiger partial charge in [0.1, 0.15) is 0 Å². The van der Waals surface area contributed by atoms with E-state index in [0.29, 0.717) is 12.2 Å². The van der Waals surface area contributed by atoms with Crippen LogP contribution < -0.4 is 5.73 Å². The second-order valence-electron chi connectivity index (χ2n) is 6.59. The summed E-state index contributed by atoms with van der Waals surface area (Å²) in [5, 5.41) is 0.731. The average molecular weight is 330 g/mol. The minimum atomic E-state index is 0.332. The van der Waals surface area contributed by atoms with E-state index < -0.39 is 0 Å². The first-order valence-corrected chi connectivity index (χ1v) is 9.02. The Morgan fingerprint density at radius 2 is 1.96 bits per heavy atom. The molecule has 23 heavy (non-hydrogen) atoms. The molecule has 3 rings (SSSR count). The number of benzene rings is 1. The number of nitrogen functional groups attached to an aromatic ring is 1. The van der Waals surface area contributed by atoms with Crippen LogP contribution in [0.4, 0.5) is 5.69 Å². The highest BCUT2D eigenvalue weighted by Gasteiger charge is 2.31. The summed E-state index contributed by atoms with van der Waals surface area (Å²) in [6, 6.07) is 5.65. The van der Waals surface area contributed by atoms with Crippen molar-refractivity contribution >= 4 is 28.6 Å². The lowest BCUT2D eigenvalue weighted by atomic mass is 9.95. The van der Waals surface area contributed by atoms with Crippen LogP contribution in [0.3, 0.4) is 0 Å². The highest BCUT2D eigenvalue weighted by Crippen LogP contribution is 2.46. The number of rotatable bonds is 4. The van der Waals surface area contributed by atoms with Crippen molar-refractivity contribution in [1.82, 2.24) is 0 Å². The van der Waals surface area contributed by atoms with Crippen molar-refractivity contribution in [2.75, 3.05) is 5.73 Å². The van der Waals surface area contributed by atoms with Gasteiger partial charge in [0.2, 0.25) is 0 Å².